The van der Waals surface area contributed by atoms with Crippen molar-refractivity contribution in [2.24, 2.45) is 0 Å². The van der Waals surface area contributed by atoms with Crippen LogP contribution in [-0.2, 0) is 0 Å². The second-order valence-corrected chi connectivity index (χ2v) is 8.47. The van der Waals surface area contributed by atoms with Crippen LogP contribution in [0.5, 0.6) is 0 Å². The summed E-state index contributed by atoms with van der Waals surface area (Å²) in [5, 5.41) is 17.7. The second-order valence-electron chi connectivity index (χ2n) is 7.19. The molecule has 1 N–H and O–H groups in total. The Balaban J connectivity index is 1.85. The molecule has 0 bridgehead atoms. The summed E-state index contributed by atoms with van der Waals surface area (Å²) in [5.74, 6) is -0.433. The van der Waals surface area contributed by atoms with Gasteiger partial charge in [-0.25, -0.2) is 9.69 Å². The smallest absolute Gasteiger partial charge is 0.283 e. The molecule has 0 unspecified atom stereocenters. The van der Waals surface area contributed by atoms with Crippen molar-refractivity contribution < 1.29 is 4.79 Å². The summed E-state index contributed by atoms with van der Waals surface area (Å²) in [5.41, 5.74) is 4.70. The molecule has 1 saturated heterocycles. The fourth-order valence-electron chi connectivity index (χ4n) is 3.59. The monoisotopic (exact) mass is 473 g/mol. The van der Waals surface area contributed by atoms with Crippen molar-refractivity contribution in [3.63, 3.8) is 0 Å². The first-order chi connectivity index (χ1) is 15.0. The van der Waals surface area contributed by atoms with Crippen LogP contribution in [0.25, 0.3) is 16.9 Å². The number of carbonyl (C=O) groups is 1. The van der Waals surface area contributed by atoms with E-state index >= 15 is 0 Å². The summed E-state index contributed by atoms with van der Waals surface area (Å²) >= 11 is 18.5. The van der Waals surface area contributed by atoms with Gasteiger partial charge in [0.05, 0.1) is 16.4 Å². The van der Waals surface area contributed by atoms with Crippen LogP contribution in [0.3, 0.4) is 0 Å². The summed E-state index contributed by atoms with van der Waals surface area (Å²) in [6.07, 6.45) is 3.16. The van der Waals surface area contributed by atoms with Crippen molar-refractivity contribution in [2.45, 2.75) is 19.3 Å². The summed E-state index contributed by atoms with van der Waals surface area (Å²) in [7, 11) is 0. The third kappa shape index (κ3) is 4.56. The minimum absolute atomic E-state index is 0.0315. The van der Waals surface area contributed by atoms with Gasteiger partial charge in [0.15, 0.2) is 5.69 Å². The Morgan fingerprint density at radius 3 is 2.32 bits per heavy atom. The predicted octanol–water partition coefficient (Wildman–Crippen LogP) is 5.50. The van der Waals surface area contributed by atoms with Gasteiger partial charge in [0.1, 0.15) is 11.6 Å². The molecule has 0 aliphatic carbocycles. The summed E-state index contributed by atoms with van der Waals surface area (Å²) in [4.78, 5) is 13.1. The molecule has 6 nitrogen and oxygen atoms in total. The Morgan fingerprint density at radius 1 is 1.00 bits per heavy atom. The molecule has 0 atom stereocenters. The van der Waals surface area contributed by atoms with Gasteiger partial charge in [-0.3, -0.25) is 10.2 Å². The Bertz CT molecular complexity index is 1160. The number of hydrogen-bond acceptors (Lipinski definition) is 4. The van der Waals surface area contributed by atoms with Crippen LogP contribution < -0.4 is 5.43 Å². The molecule has 2 heterocycles. The lowest BCUT2D eigenvalue weighted by atomic mass is 10.1. The maximum atomic E-state index is 13.1. The van der Waals surface area contributed by atoms with E-state index in [9.17, 15) is 10.1 Å². The van der Waals surface area contributed by atoms with Crippen molar-refractivity contribution in [2.75, 3.05) is 13.1 Å². The third-order valence-corrected chi connectivity index (χ3v) is 5.87. The molecule has 1 fully saturated rings. The van der Waals surface area contributed by atoms with Gasteiger partial charge in [-0.2, -0.15) is 10.4 Å². The highest BCUT2D eigenvalue weighted by Crippen LogP contribution is 2.33. The average Bonchev–Trinajstić information content (AvgIpc) is 3.14. The molecule has 9 heteroatoms. The number of benzene rings is 2. The van der Waals surface area contributed by atoms with Crippen LogP contribution in [0.1, 0.15) is 35.3 Å². The fraction of sp³-hybridized carbons (Fsp3) is 0.227. The lowest BCUT2D eigenvalue weighted by Crippen LogP contribution is -2.45. The zero-order valence-corrected chi connectivity index (χ0v) is 18.7. The first-order valence-corrected chi connectivity index (χ1v) is 10.9. The number of halogens is 3. The van der Waals surface area contributed by atoms with Crippen LogP contribution in [0, 0.1) is 11.3 Å². The van der Waals surface area contributed by atoms with E-state index in [-0.39, 0.29) is 11.3 Å². The molecule has 31 heavy (non-hydrogen) atoms. The van der Waals surface area contributed by atoms with Gasteiger partial charge in [-0.1, -0.05) is 53.4 Å². The number of rotatable bonds is 4. The van der Waals surface area contributed by atoms with Crippen LogP contribution >= 0.6 is 34.8 Å². The molecular weight excluding hydrogens is 457 g/mol. The molecule has 1 amide bonds. The van der Waals surface area contributed by atoms with Gasteiger partial charge in [0.2, 0.25) is 0 Å². The molecule has 4 rings (SSSR count). The minimum atomic E-state index is -0.433. The standard InChI is InChI=1S/C22H18Cl3N5O/c23-15-6-4-14(5-7-15)21-17(13-26)20(22(31)28-29-10-2-1-3-11-29)27-30(21)19-9-8-16(24)12-18(19)25/h4-9,12H,1-3,10-11H2,(H,28,31). The van der Waals surface area contributed by atoms with Crippen LogP contribution in [-0.4, -0.2) is 33.8 Å². The number of carbonyl (C=O) groups excluding carboxylic acids is 1. The maximum Gasteiger partial charge on any atom is 0.287 e. The largest absolute Gasteiger partial charge is 0.287 e. The van der Waals surface area contributed by atoms with E-state index in [1.54, 1.807) is 42.5 Å². The van der Waals surface area contributed by atoms with E-state index < -0.39 is 5.91 Å². The Labute approximate surface area is 194 Å². The van der Waals surface area contributed by atoms with Gasteiger partial charge in [0, 0.05) is 28.7 Å². The van der Waals surface area contributed by atoms with E-state index in [2.05, 4.69) is 16.6 Å². The fourth-order valence-corrected chi connectivity index (χ4v) is 4.20. The van der Waals surface area contributed by atoms with Crippen molar-refractivity contribution >= 4 is 40.7 Å². The molecule has 3 aromatic rings. The number of hydrogen-bond donors (Lipinski definition) is 1. The van der Waals surface area contributed by atoms with Crippen LogP contribution in [0.15, 0.2) is 42.5 Å². The Hall–Kier alpha value is -2.56. The number of piperidine rings is 1. The molecule has 1 aliphatic rings. The highest BCUT2D eigenvalue weighted by molar-refractivity contribution is 6.35. The normalized spacial score (nSPS) is 14.3. The molecule has 0 radical (unpaired) electrons. The number of hydrazine groups is 1. The molecule has 1 aliphatic heterocycles. The predicted molar refractivity (Wildman–Crippen MR) is 122 cm³/mol. The highest BCUT2D eigenvalue weighted by atomic mass is 35.5. The SMILES string of the molecule is N#Cc1c(C(=O)NN2CCCCC2)nn(-c2ccc(Cl)cc2Cl)c1-c1ccc(Cl)cc1. The van der Waals surface area contributed by atoms with Gasteiger partial charge in [-0.05, 0) is 43.2 Å². The number of nitriles is 1. The highest BCUT2D eigenvalue weighted by Gasteiger charge is 2.27. The second kappa shape index (κ2) is 9.29. The van der Waals surface area contributed by atoms with E-state index in [0.717, 1.165) is 32.4 Å². The van der Waals surface area contributed by atoms with Crippen molar-refractivity contribution in [1.29, 1.82) is 5.26 Å². The van der Waals surface area contributed by atoms with E-state index in [0.29, 0.717) is 32.0 Å². The van der Waals surface area contributed by atoms with Gasteiger partial charge < -0.3 is 0 Å². The number of nitrogens with zero attached hydrogens (tertiary/aromatic N) is 4. The molecule has 158 valence electrons. The molecule has 0 spiro atoms. The zero-order chi connectivity index (χ0) is 22.0. The van der Waals surface area contributed by atoms with Crippen molar-refractivity contribution in [3.05, 3.63) is 68.8 Å². The minimum Gasteiger partial charge on any atom is -0.283 e. The quantitative estimate of drug-likeness (QED) is 0.542. The van der Waals surface area contributed by atoms with E-state index in [1.807, 2.05) is 5.01 Å². The number of nitrogens with one attached hydrogen (secondary N) is 1. The summed E-state index contributed by atoms with van der Waals surface area (Å²) < 4.78 is 1.51. The topological polar surface area (TPSA) is 74.0 Å². The number of amides is 1. The number of aromatic nitrogens is 2. The lowest BCUT2D eigenvalue weighted by Gasteiger charge is -2.26. The maximum absolute atomic E-state index is 13.1. The van der Waals surface area contributed by atoms with Crippen molar-refractivity contribution in [1.82, 2.24) is 20.2 Å². The van der Waals surface area contributed by atoms with Gasteiger partial charge in [-0.15, -0.1) is 0 Å². The Morgan fingerprint density at radius 2 is 1.68 bits per heavy atom. The lowest BCUT2D eigenvalue weighted by molar-refractivity contribution is 0.0744. The average molecular weight is 475 g/mol. The Kier molecular flexibility index (Phi) is 6.49. The summed E-state index contributed by atoms with van der Waals surface area (Å²) in [6.45, 7) is 1.53. The van der Waals surface area contributed by atoms with Crippen molar-refractivity contribution in [3.8, 4) is 23.0 Å². The third-order valence-electron chi connectivity index (χ3n) is 5.08. The van der Waals surface area contributed by atoms with Crippen LogP contribution in [0.2, 0.25) is 15.1 Å². The molecule has 2 aromatic carbocycles. The first kappa shape index (κ1) is 21.7. The van der Waals surface area contributed by atoms with E-state index in [4.69, 9.17) is 34.8 Å². The van der Waals surface area contributed by atoms with E-state index in [1.165, 1.54) is 4.68 Å². The first-order valence-electron chi connectivity index (χ1n) is 9.78. The zero-order valence-electron chi connectivity index (χ0n) is 16.4. The molecule has 0 saturated carbocycles. The molecular formula is C22H18Cl3N5O. The molecule has 1 aromatic heterocycles. The van der Waals surface area contributed by atoms with Crippen LogP contribution in [0.4, 0.5) is 0 Å². The van der Waals surface area contributed by atoms with Gasteiger partial charge in [0.25, 0.3) is 5.91 Å². The van der Waals surface area contributed by atoms with Gasteiger partial charge >= 0.3 is 0 Å². The summed E-state index contributed by atoms with van der Waals surface area (Å²) in [6, 6.07) is 14.1.